The summed E-state index contributed by atoms with van der Waals surface area (Å²) < 4.78 is 0. The highest BCUT2D eigenvalue weighted by Crippen LogP contribution is 2.22. The van der Waals surface area contributed by atoms with E-state index in [0.29, 0.717) is 23.3 Å². The molecule has 0 saturated carbocycles. The monoisotopic (exact) mass is 305 g/mol. The maximum absolute atomic E-state index is 9.15. The van der Waals surface area contributed by atoms with Gasteiger partial charge >= 0.3 is 0 Å². The number of hydrogen-bond donors (Lipinski definition) is 2. The number of aliphatic hydroxyl groups is 1. The number of aromatic nitrogens is 2. The SMILES string of the molecule is CC(C)(C)c1nc(Cl)cc(NCc2cccc(CO)c2)n1. The van der Waals surface area contributed by atoms with Crippen molar-refractivity contribution in [1.29, 1.82) is 0 Å². The van der Waals surface area contributed by atoms with Crippen LogP contribution < -0.4 is 5.32 Å². The molecule has 5 heteroatoms. The van der Waals surface area contributed by atoms with Crippen molar-refractivity contribution >= 4 is 17.4 Å². The topological polar surface area (TPSA) is 58.0 Å². The van der Waals surface area contributed by atoms with Gasteiger partial charge in [0.1, 0.15) is 16.8 Å². The Balaban J connectivity index is 2.14. The summed E-state index contributed by atoms with van der Waals surface area (Å²) in [5.41, 5.74) is 1.82. The number of aliphatic hydroxyl groups excluding tert-OH is 1. The number of hydrogen-bond acceptors (Lipinski definition) is 4. The molecule has 0 saturated heterocycles. The van der Waals surface area contributed by atoms with Gasteiger partial charge in [-0.2, -0.15) is 0 Å². The fourth-order valence-corrected chi connectivity index (χ4v) is 2.06. The summed E-state index contributed by atoms with van der Waals surface area (Å²) in [5, 5.41) is 12.8. The van der Waals surface area contributed by atoms with Gasteiger partial charge in [-0.3, -0.25) is 0 Å². The molecule has 1 heterocycles. The molecule has 2 aromatic rings. The number of anilines is 1. The smallest absolute Gasteiger partial charge is 0.137 e. The van der Waals surface area contributed by atoms with E-state index in [1.54, 1.807) is 6.07 Å². The van der Waals surface area contributed by atoms with Crippen LogP contribution in [0.1, 0.15) is 37.7 Å². The van der Waals surface area contributed by atoms with Crippen LogP contribution in [-0.4, -0.2) is 15.1 Å². The molecular formula is C16H20ClN3O. The highest BCUT2D eigenvalue weighted by atomic mass is 35.5. The van der Waals surface area contributed by atoms with Crippen molar-refractivity contribution in [3.8, 4) is 0 Å². The zero-order valence-electron chi connectivity index (χ0n) is 12.5. The lowest BCUT2D eigenvalue weighted by molar-refractivity contribution is 0.281. The van der Waals surface area contributed by atoms with Crippen molar-refractivity contribution in [2.24, 2.45) is 0 Å². The van der Waals surface area contributed by atoms with Crippen molar-refractivity contribution in [2.45, 2.75) is 39.3 Å². The molecule has 0 aliphatic heterocycles. The zero-order valence-corrected chi connectivity index (χ0v) is 13.3. The van der Waals surface area contributed by atoms with Crippen LogP contribution >= 0.6 is 11.6 Å². The number of benzene rings is 1. The minimum absolute atomic E-state index is 0.0430. The van der Waals surface area contributed by atoms with E-state index in [9.17, 15) is 0 Å². The van der Waals surface area contributed by atoms with Gasteiger partial charge in [0.25, 0.3) is 0 Å². The molecule has 0 bridgehead atoms. The van der Waals surface area contributed by atoms with Crippen molar-refractivity contribution in [1.82, 2.24) is 9.97 Å². The Hall–Kier alpha value is -1.65. The molecule has 2 rings (SSSR count). The summed E-state index contributed by atoms with van der Waals surface area (Å²) in [4.78, 5) is 8.78. The molecule has 0 unspecified atom stereocenters. The van der Waals surface area contributed by atoms with Crippen LogP contribution in [0.3, 0.4) is 0 Å². The van der Waals surface area contributed by atoms with Gasteiger partial charge in [0, 0.05) is 18.0 Å². The van der Waals surface area contributed by atoms with Crippen LogP contribution in [-0.2, 0) is 18.6 Å². The van der Waals surface area contributed by atoms with Crippen molar-refractivity contribution < 1.29 is 5.11 Å². The fourth-order valence-electron chi connectivity index (χ4n) is 1.87. The number of nitrogens with one attached hydrogen (secondary N) is 1. The van der Waals surface area contributed by atoms with E-state index < -0.39 is 0 Å². The normalized spacial score (nSPS) is 11.5. The quantitative estimate of drug-likeness (QED) is 0.848. The van der Waals surface area contributed by atoms with Gasteiger partial charge in [0.2, 0.25) is 0 Å². The van der Waals surface area contributed by atoms with Crippen LogP contribution in [0.2, 0.25) is 5.15 Å². The summed E-state index contributed by atoms with van der Waals surface area (Å²) in [7, 11) is 0. The molecule has 0 atom stereocenters. The van der Waals surface area contributed by atoms with E-state index in [1.165, 1.54) is 0 Å². The highest BCUT2D eigenvalue weighted by molar-refractivity contribution is 6.29. The minimum Gasteiger partial charge on any atom is -0.392 e. The van der Waals surface area contributed by atoms with Gasteiger partial charge in [0.15, 0.2) is 0 Å². The Labute approximate surface area is 130 Å². The molecule has 4 nitrogen and oxygen atoms in total. The van der Waals surface area contributed by atoms with Crippen LogP contribution in [0.15, 0.2) is 30.3 Å². The Morgan fingerprint density at radius 3 is 2.52 bits per heavy atom. The first-order valence-electron chi connectivity index (χ1n) is 6.86. The minimum atomic E-state index is -0.155. The van der Waals surface area contributed by atoms with Gasteiger partial charge in [-0.1, -0.05) is 56.6 Å². The first-order valence-corrected chi connectivity index (χ1v) is 7.24. The van der Waals surface area contributed by atoms with Crippen molar-refractivity contribution in [3.63, 3.8) is 0 Å². The number of halogens is 1. The highest BCUT2D eigenvalue weighted by Gasteiger charge is 2.18. The van der Waals surface area contributed by atoms with E-state index in [0.717, 1.165) is 11.1 Å². The van der Waals surface area contributed by atoms with Crippen LogP contribution in [0, 0.1) is 0 Å². The van der Waals surface area contributed by atoms with Crippen LogP contribution in [0.5, 0.6) is 0 Å². The third-order valence-corrected chi connectivity index (χ3v) is 3.21. The number of rotatable bonds is 4. The van der Waals surface area contributed by atoms with Crippen LogP contribution in [0.25, 0.3) is 0 Å². The van der Waals surface area contributed by atoms with Gasteiger partial charge < -0.3 is 10.4 Å². The molecule has 0 aliphatic carbocycles. The largest absolute Gasteiger partial charge is 0.392 e. The van der Waals surface area contributed by atoms with E-state index in [1.807, 2.05) is 45.0 Å². The third kappa shape index (κ3) is 4.41. The average Bonchev–Trinajstić information content (AvgIpc) is 2.44. The fraction of sp³-hybridized carbons (Fsp3) is 0.375. The van der Waals surface area contributed by atoms with Crippen molar-refractivity contribution in [2.75, 3.05) is 5.32 Å². The van der Waals surface area contributed by atoms with Gasteiger partial charge in [0.05, 0.1) is 6.61 Å². The lowest BCUT2D eigenvalue weighted by atomic mass is 9.96. The summed E-state index contributed by atoms with van der Waals surface area (Å²) in [6, 6.07) is 9.49. The van der Waals surface area contributed by atoms with E-state index >= 15 is 0 Å². The summed E-state index contributed by atoms with van der Waals surface area (Å²) >= 11 is 6.06. The standard InChI is InChI=1S/C16H20ClN3O/c1-16(2,3)15-19-13(17)8-14(20-15)18-9-11-5-4-6-12(7-11)10-21/h4-8,21H,9-10H2,1-3H3,(H,18,19,20). The predicted molar refractivity (Wildman–Crippen MR) is 85.4 cm³/mol. The molecule has 0 amide bonds. The molecule has 0 spiro atoms. The first-order chi connectivity index (χ1) is 9.88. The molecule has 0 fully saturated rings. The number of nitrogens with zero attached hydrogens (tertiary/aromatic N) is 2. The molecule has 2 N–H and O–H groups in total. The Morgan fingerprint density at radius 1 is 1.14 bits per heavy atom. The third-order valence-electron chi connectivity index (χ3n) is 3.01. The molecule has 112 valence electrons. The maximum atomic E-state index is 9.15. The molecule has 0 aliphatic rings. The van der Waals surface area contributed by atoms with Crippen LogP contribution in [0.4, 0.5) is 5.82 Å². The molecular weight excluding hydrogens is 286 g/mol. The summed E-state index contributed by atoms with van der Waals surface area (Å²) in [6.07, 6.45) is 0. The van der Waals surface area contributed by atoms with E-state index in [4.69, 9.17) is 16.7 Å². The maximum Gasteiger partial charge on any atom is 0.137 e. The second-order valence-electron chi connectivity index (χ2n) is 5.98. The zero-order chi connectivity index (χ0) is 15.5. The summed E-state index contributed by atoms with van der Waals surface area (Å²) in [6.45, 7) is 6.81. The second-order valence-corrected chi connectivity index (χ2v) is 6.37. The van der Waals surface area contributed by atoms with Crippen molar-refractivity contribution in [3.05, 3.63) is 52.4 Å². The lowest BCUT2D eigenvalue weighted by Crippen LogP contribution is -2.17. The Kier molecular flexibility index (Phi) is 4.80. The predicted octanol–water partition coefficient (Wildman–Crippen LogP) is 3.53. The average molecular weight is 306 g/mol. The molecule has 1 aromatic heterocycles. The Bertz CT molecular complexity index is 623. The molecule has 1 aromatic carbocycles. The lowest BCUT2D eigenvalue weighted by Gasteiger charge is -2.18. The van der Waals surface area contributed by atoms with E-state index in [2.05, 4.69) is 15.3 Å². The molecule has 0 radical (unpaired) electrons. The van der Waals surface area contributed by atoms with Gasteiger partial charge in [-0.05, 0) is 11.1 Å². The van der Waals surface area contributed by atoms with Gasteiger partial charge in [-0.25, -0.2) is 9.97 Å². The molecule has 21 heavy (non-hydrogen) atoms. The first kappa shape index (κ1) is 15.7. The second kappa shape index (κ2) is 6.41. The Morgan fingerprint density at radius 2 is 1.86 bits per heavy atom. The summed E-state index contributed by atoms with van der Waals surface area (Å²) in [5.74, 6) is 1.41. The van der Waals surface area contributed by atoms with E-state index in [-0.39, 0.29) is 12.0 Å². The van der Waals surface area contributed by atoms with Gasteiger partial charge in [-0.15, -0.1) is 0 Å².